The summed E-state index contributed by atoms with van der Waals surface area (Å²) in [6.07, 6.45) is 5.10. The van der Waals surface area contributed by atoms with Gasteiger partial charge >= 0.3 is 0 Å². The second kappa shape index (κ2) is 8.80. The van der Waals surface area contributed by atoms with Crippen molar-refractivity contribution < 1.29 is 9.59 Å². The zero-order chi connectivity index (χ0) is 18.4. The molecular weight excluding hydrogens is 354 g/mol. The molecule has 2 N–H and O–H groups in total. The summed E-state index contributed by atoms with van der Waals surface area (Å²) in [6.45, 7) is 1.33. The number of nitrogens with zero attached hydrogens (tertiary/aromatic N) is 3. The van der Waals surface area contributed by atoms with Crippen LogP contribution in [0.3, 0.4) is 0 Å². The van der Waals surface area contributed by atoms with Crippen LogP contribution < -0.4 is 10.6 Å². The lowest BCUT2D eigenvalue weighted by Gasteiger charge is -2.09. The minimum atomic E-state index is -0.328. The number of rotatable bonds is 6. The summed E-state index contributed by atoms with van der Waals surface area (Å²) in [5, 5.41) is 14.4. The van der Waals surface area contributed by atoms with Gasteiger partial charge in [-0.3, -0.25) is 9.59 Å². The first-order valence-electron chi connectivity index (χ1n) is 8.85. The van der Waals surface area contributed by atoms with E-state index >= 15 is 0 Å². The van der Waals surface area contributed by atoms with E-state index in [4.69, 9.17) is 11.6 Å². The number of halogens is 1. The second-order valence-corrected chi connectivity index (χ2v) is 6.72. The Kier molecular flexibility index (Phi) is 6.22. The Morgan fingerprint density at radius 3 is 2.88 bits per heavy atom. The van der Waals surface area contributed by atoms with E-state index in [0.29, 0.717) is 23.6 Å². The summed E-state index contributed by atoms with van der Waals surface area (Å²) in [5.41, 5.74) is 0.427. The predicted octanol–water partition coefficient (Wildman–Crippen LogP) is 1.75. The van der Waals surface area contributed by atoms with E-state index in [-0.39, 0.29) is 18.4 Å². The summed E-state index contributed by atoms with van der Waals surface area (Å²) < 4.78 is 2.17. The molecule has 3 rings (SSSR count). The third kappa shape index (κ3) is 4.82. The Balaban J connectivity index is 1.42. The second-order valence-electron chi connectivity index (χ2n) is 6.29. The largest absolute Gasteiger partial charge is 0.354 e. The van der Waals surface area contributed by atoms with E-state index < -0.39 is 0 Å². The molecule has 1 aliphatic rings. The van der Waals surface area contributed by atoms with Crippen molar-refractivity contribution in [3.63, 3.8) is 0 Å². The Morgan fingerprint density at radius 1 is 1.15 bits per heavy atom. The maximum absolute atomic E-state index is 12.0. The van der Waals surface area contributed by atoms with Crippen molar-refractivity contribution in [1.29, 1.82) is 0 Å². The molecular formula is C18H22ClN5O2. The molecule has 1 aromatic carbocycles. The molecule has 2 aromatic rings. The Morgan fingerprint density at radius 2 is 2.04 bits per heavy atom. The molecule has 138 valence electrons. The molecule has 2 amide bonds. The van der Waals surface area contributed by atoms with E-state index in [1.807, 2.05) is 0 Å². The highest BCUT2D eigenvalue weighted by Gasteiger charge is 2.14. The average molecular weight is 376 g/mol. The highest BCUT2D eigenvalue weighted by Crippen LogP contribution is 2.14. The lowest BCUT2D eigenvalue weighted by Crippen LogP contribution is -2.37. The Hall–Kier alpha value is -2.41. The van der Waals surface area contributed by atoms with Gasteiger partial charge in [-0.2, -0.15) is 0 Å². The number of carbonyl (C=O) groups excluding carboxylic acids is 2. The molecule has 8 heteroatoms. The number of benzene rings is 1. The molecule has 0 spiro atoms. The van der Waals surface area contributed by atoms with Crippen LogP contribution in [0.25, 0.3) is 0 Å². The fourth-order valence-corrected chi connectivity index (χ4v) is 3.19. The van der Waals surface area contributed by atoms with E-state index in [1.165, 1.54) is 6.42 Å². The minimum absolute atomic E-state index is 0.0801. The maximum Gasteiger partial charge on any atom is 0.251 e. The standard InChI is InChI=1S/C18H22ClN5O2/c19-14-6-4-5-13(11-14)18(26)21-12-17(25)20-9-8-16-23-22-15-7-2-1-3-10-24(15)16/h4-6,11H,1-3,7-10,12H2,(H,20,25)(H,21,26). The first-order valence-corrected chi connectivity index (χ1v) is 9.22. The number of carbonyl (C=O) groups is 2. The Bertz CT molecular complexity index is 790. The molecule has 0 unspecified atom stereocenters. The van der Waals surface area contributed by atoms with E-state index in [0.717, 1.165) is 37.5 Å². The quantitative estimate of drug-likeness (QED) is 0.805. The van der Waals surface area contributed by atoms with Gasteiger partial charge in [-0.05, 0) is 31.0 Å². The van der Waals surface area contributed by atoms with Crippen molar-refractivity contribution in [2.75, 3.05) is 13.1 Å². The van der Waals surface area contributed by atoms with E-state index in [9.17, 15) is 9.59 Å². The highest BCUT2D eigenvalue weighted by molar-refractivity contribution is 6.30. The van der Waals surface area contributed by atoms with Crippen LogP contribution >= 0.6 is 11.6 Å². The van der Waals surface area contributed by atoms with Crippen molar-refractivity contribution in [3.05, 3.63) is 46.5 Å². The van der Waals surface area contributed by atoms with E-state index in [2.05, 4.69) is 25.4 Å². The summed E-state index contributed by atoms with van der Waals surface area (Å²) in [6, 6.07) is 6.59. The molecule has 26 heavy (non-hydrogen) atoms. The van der Waals surface area contributed by atoms with Gasteiger partial charge in [0.1, 0.15) is 11.6 Å². The molecule has 7 nitrogen and oxygen atoms in total. The van der Waals surface area contributed by atoms with Crippen molar-refractivity contribution in [2.45, 2.75) is 38.6 Å². The van der Waals surface area contributed by atoms with Crippen LogP contribution in [-0.4, -0.2) is 39.7 Å². The minimum Gasteiger partial charge on any atom is -0.354 e. The van der Waals surface area contributed by atoms with Gasteiger partial charge in [-0.1, -0.05) is 24.1 Å². The molecule has 1 aromatic heterocycles. The van der Waals surface area contributed by atoms with Crippen molar-refractivity contribution in [2.24, 2.45) is 0 Å². The summed E-state index contributed by atoms with van der Waals surface area (Å²) in [5.74, 6) is 1.38. The number of nitrogens with one attached hydrogen (secondary N) is 2. The highest BCUT2D eigenvalue weighted by atomic mass is 35.5. The van der Waals surface area contributed by atoms with Crippen LogP contribution in [0.4, 0.5) is 0 Å². The fraction of sp³-hybridized carbons (Fsp3) is 0.444. The van der Waals surface area contributed by atoms with Crippen molar-refractivity contribution in [3.8, 4) is 0 Å². The van der Waals surface area contributed by atoms with Crippen LogP contribution in [0, 0.1) is 0 Å². The normalized spacial score (nSPS) is 13.6. The van der Waals surface area contributed by atoms with Gasteiger partial charge in [-0.15, -0.1) is 10.2 Å². The first kappa shape index (κ1) is 18.4. The number of amides is 2. The van der Waals surface area contributed by atoms with Crippen LogP contribution in [0.5, 0.6) is 0 Å². The zero-order valence-corrected chi connectivity index (χ0v) is 15.3. The Labute approximate surface area is 157 Å². The third-order valence-corrected chi connectivity index (χ3v) is 4.59. The molecule has 1 aliphatic heterocycles. The van der Waals surface area contributed by atoms with Gasteiger partial charge in [0.25, 0.3) is 5.91 Å². The van der Waals surface area contributed by atoms with Crippen LogP contribution in [-0.2, 0) is 24.2 Å². The summed E-state index contributed by atoms with van der Waals surface area (Å²) in [7, 11) is 0. The van der Waals surface area contributed by atoms with Gasteiger partial charge in [0, 0.05) is 36.5 Å². The number of aryl methyl sites for hydroxylation is 1. The maximum atomic E-state index is 12.0. The number of fused-ring (bicyclic) bond motifs is 1. The molecule has 2 heterocycles. The van der Waals surface area contributed by atoms with Crippen molar-refractivity contribution in [1.82, 2.24) is 25.4 Å². The molecule has 0 saturated carbocycles. The van der Waals surface area contributed by atoms with Crippen LogP contribution in [0.1, 0.15) is 41.3 Å². The smallest absolute Gasteiger partial charge is 0.251 e. The lowest BCUT2D eigenvalue weighted by atomic mass is 10.2. The predicted molar refractivity (Wildman–Crippen MR) is 98.1 cm³/mol. The zero-order valence-electron chi connectivity index (χ0n) is 14.5. The monoisotopic (exact) mass is 375 g/mol. The van der Waals surface area contributed by atoms with Crippen LogP contribution in [0.15, 0.2) is 24.3 Å². The number of aromatic nitrogens is 3. The fourth-order valence-electron chi connectivity index (χ4n) is 3.00. The average Bonchev–Trinajstić information content (AvgIpc) is 2.86. The van der Waals surface area contributed by atoms with Crippen LogP contribution in [0.2, 0.25) is 5.02 Å². The molecule has 0 aliphatic carbocycles. The van der Waals surface area contributed by atoms with Gasteiger partial charge < -0.3 is 15.2 Å². The molecule has 0 atom stereocenters. The topological polar surface area (TPSA) is 88.9 Å². The lowest BCUT2D eigenvalue weighted by molar-refractivity contribution is -0.120. The van der Waals surface area contributed by atoms with Gasteiger partial charge in [0.2, 0.25) is 5.91 Å². The summed E-state index contributed by atoms with van der Waals surface area (Å²) in [4.78, 5) is 23.9. The number of hydrogen-bond acceptors (Lipinski definition) is 4. The summed E-state index contributed by atoms with van der Waals surface area (Å²) >= 11 is 5.86. The SMILES string of the molecule is O=C(CNC(=O)c1cccc(Cl)c1)NCCc1nnc2n1CCCCC2. The molecule has 0 fully saturated rings. The van der Waals surface area contributed by atoms with Gasteiger partial charge in [0.05, 0.1) is 6.54 Å². The first-order chi connectivity index (χ1) is 12.6. The molecule has 0 saturated heterocycles. The van der Waals surface area contributed by atoms with Crippen molar-refractivity contribution >= 4 is 23.4 Å². The third-order valence-electron chi connectivity index (χ3n) is 4.35. The van der Waals surface area contributed by atoms with Gasteiger partial charge in [0.15, 0.2) is 0 Å². The number of hydrogen-bond donors (Lipinski definition) is 2. The molecule has 0 bridgehead atoms. The molecule has 0 radical (unpaired) electrons. The van der Waals surface area contributed by atoms with E-state index in [1.54, 1.807) is 24.3 Å². The van der Waals surface area contributed by atoms with Gasteiger partial charge in [-0.25, -0.2) is 0 Å².